The molecule has 8 nitrogen and oxygen atoms in total. The lowest BCUT2D eigenvalue weighted by Gasteiger charge is -2.30. The number of esters is 1. The van der Waals surface area contributed by atoms with Gasteiger partial charge in [-0.1, -0.05) is 6.07 Å². The zero-order chi connectivity index (χ0) is 19.1. The van der Waals surface area contributed by atoms with Crippen LogP contribution in [0.25, 0.3) is 0 Å². The summed E-state index contributed by atoms with van der Waals surface area (Å²) in [7, 11) is 1.22. The molecule has 140 valence electrons. The van der Waals surface area contributed by atoms with Crippen molar-refractivity contribution in [3.05, 3.63) is 33.7 Å². The summed E-state index contributed by atoms with van der Waals surface area (Å²) in [6.07, 6.45) is 0.567. The molecule has 1 aromatic rings. The molecule has 0 aliphatic carbocycles. The first kappa shape index (κ1) is 20.0. The number of methoxy groups -OCH3 is 1. The summed E-state index contributed by atoms with van der Waals surface area (Å²) in [6.45, 7) is 0. The molecular weight excluding hydrogens is 380 g/mol. The van der Waals surface area contributed by atoms with Gasteiger partial charge in [-0.25, -0.2) is 4.79 Å². The number of amides is 1. The predicted molar refractivity (Wildman–Crippen MR) is 96.7 cm³/mol. The normalized spacial score (nSPS) is 17.8. The molecule has 2 heterocycles. The minimum absolute atomic E-state index is 0.140. The number of hydrogen-bond donors (Lipinski definition) is 3. The van der Waals surface area contributed by atoms with Crippen LogP contribution in [0.2, 0.25) is 0 Å². The number of nitrogens with one attached hydrogen (secondary N) is 2. The largest absolute Gasteiger partial charge is 0.477 e. The molecule has 0 spiro atoms. The average Bonchev–Trinajstić information content (AvgIpc) is 3.12. The van der Waals surface area contributed by atoms with E-state index in [1.807, 2.05) is 17.5 Å². The number of ether oxygens (including phenoxy) is 1. The second kappa shape index (κ2) is 9.39. The molecule has 0 bridgehead atoms. The molecule has 1 aliphatic heterocycles. The van der Waals surface area contributed by atoms with E-state index in [4.69, 9.17) is 0 Å². The fraction of sp³-hybridized carbons (Fsp3) is 0.375. The average molecular weight is 398 g/mol. The lowest BCUT2D eigenvalue weighted by molar-refractivity contribution is -0.139. The summed E-state index contributed by atoms with van der Waals surface area (Å²) in [5.74, 6) is -1.87. The third-order valence-corrected chi connectivity index (χ3v) is 5.75. The second-order valence-electron chi connectivity index (χ2n) is 5.40. The van der Waals surface area contributed by atoms with Crippen LogP contribution in [0.5, 0.6) is 0 Å². The summed E-state index contributed by atoms with van der Waals surface area (Å²) in [4.78, 5) is 47.3. The van der Waals surface area contributed by atoms with Crippen molar-refractivity contribution in [1.29, 1.82) is 0 Å². The highest BCUT2D eigenvalue weighted by atomic mass is 32.2. The minimum atomic E-state index is -1.23. The van der Waals surface area contributed by atoms with Gasteiger partial charge in [0.05, 0.1) is 20.0 Å². The van der Waals surface area contributed by atoms with Gasteiger partial charge in [0.15, 0.2) is 0 Å². The van der Waals surface area contributed by atoms with Gasteiger partial charge >= 0.3 is 11.9 Å². The van der Waals surface area contributed by atoms with E-state index in [2.05, 4.69) is 15.4 Å². The molecule has 2 unspecified atom stereocenters. The quantitative estimate of drug-likeness (QED) is 0.428. The summed E-state index contributed by atoms with van der Waals surface area (Å²) in [6, 6.07) is 2.75. The van der Waals surface area contributed by atoms with Crippen molar-refractivity contribution in [2.75, 3.05) is 12.9 Å². The maximum atomic E-state index is 12.1. The van der Waals surface area contributed by atoms with Gasteiger partial charge in [-0.3, -0.25) is 9.59 Å². The number of carbonyl (C=O) groups is 4. The molecule has 0 aromatic carbocycles. The second-order valence-corrected chi connectivity index (χ2v) is 7.56. The molecule has 0 fully saturated rings. The van der Waals surface area contributed by atoms with Crippen molar-refractivity contribution in [2.45, 2.75) is 24.3 Å². The Balaban J connectivity index is 2.05. The van der Waals surface area contributed by atoms with E-state index in [1.54, 1.807) is 0 Å². The van der Waals surface area contributed by atoms with Crippen LogP contribution in [-0.4, -0.2) is 53.5 Å². The van der Waals surface area contributed by atoms with E-state index >= 15 is 0 Å². The van der Waals surface area contributed by atoms with Crippen LogP contribution in [-0.2, 0) is 30.3 Å². The van der Waals surface area contributed by atoms with E-state index < -0.39 is 23.4 Å². The number of aldehydes is 1. The standard InChI is InChI=1S/C16H18N2O6S2/c1-24-13(21)5-9-8-26-15(18-14(9)16(22)23)11(7-19)17-12(20)6-10-3-2-4-25-10/h2-4,7,11,15,18H,5-6,8H2,1H3,(H,17,20)(H,22,23). The Bertz CT molecular complexity index is 716. The smallest absolute Gasteiger partial charge is 0.351 e. The highest BCUT2D eigenvalue weighted by Crippen LogP contribution is 2.26. The maximum absolute atomic E-state index is 12.1. The van der Waals surface area contributed by atoms with Crippen LogP contribution < -0.4 is 10.6 Å². The minimum Gasteiger partial charge on any atom is -0.477 e. The number of aliphatic carboxylic acids is 1. The van der Waals surface area contributed by atoms with Crippen molar-refractivity contribution in [3.63, 3.8) is 0 Å². The van der Waals surface area contributed by atoms with E-state index in [9.17, 15) is 24.3 Å². The van der Waals surface area contributed by atoms with Gasteiger partial charge in [-0.2, -0.15) is 0 Å². The Morgan fingerprint density at radius 2 is 2.23 bits per heavy atom. The van der Waals surface area contributed by atoms with Crippen molar-refractivity contribution in [2.24, 2.45) is 0 Å². The molecule has 0 saturated carbocycles. The van der Waals surface area contributed by atoms with E-state index in [0.29, 0.717) is 11.9 Å². The fourth-order valence-electron chi connectivity index (χ4n) is 2.33. The molecule has 1 aliphatic rings. The summed E-state index contributed by atoms with van der Waals surface area (Å²) < 4.78 is 4.56. The van der Waals surface area contributed by atoms with Crippen LogP contribution >= 0.6 is 23.1 Å². The molecular formula is C16H18N2O6S2. The van der Waals surface area contributed by atoms with Gasteiger partial charge in [0.2, 0.25) is 5.91 Å². The van der Waals surface area contributed by atoms with Crippen LogP contribution in [0.1, 0.15) is 11.3 Å². The number of thioether (sulfide) groups is 1. The van der Waals surface area contributed by atoms with Gasteiger partial charge in [0.25, 0.3) is 0 Å². The first-order valence-corrected chi connectivity index (χ1v) is 9.54. The van der Waals surface area contributed by atoms with Gasteiger partial charge < -0.3 is 25.3 Å². The highest BCUT2D eigenvalue weighted by Gasteiger charge is 2.32. The molecule has 2 rings (SSSR count). The van der Waals surface area contributed by atoms with Crippen LogP contribution in [0.15, 0.2) is 28.8 Å². The summed E-state index contributed by atoms with van der Waals surface area (Å²) in [5, 5.41) is 15.9. The molecule has 0 saturated heterocycles. The van der Waals surface area contributed by atoms with E-state index in [1.165, 1.54) is 30.2 Å². The zero-order valence-electron chi connectivity index (χ0n) is 13.9. The zero-order valence-corrected chi connectivity index (χ0v) is 15.5. The molecule has 10 heteroatoms. The van der Waals surface area contributed by atoms with Crippen molar-refractivity contribution in [1.82, 2.24) is 10.6 Å². The predicted octanol–water partition coefficient (Wildman–Crippen LogP) is 0.539. The van der Waals surface area contributed by atoms with Crippen LogP contribution in [0.3, 0.4) is 0 Å². The Morgan fingerprint density at radius 3 is 2.81 bits per heavy atom. The Hall–Kier alpha value is -2.33. The fourth-order valence-corrected chi connectivity index (χ4v) is 4.20. The number of carboxylic acids is 1. The Labute approximate surface area is 158 Å². The van der Waals surface area contributed by atoms with Gasteiger partial charge in [-0.15, -0.1) is 23.1 Å². The van der Waals surface area contributed by atoms with Crippen LogP contribution in [0.4, 0.5) is 0 Å². The SMILES string of the molecule is COC(=O)CC1=C(C(=O)O)NC(C(C=O)NC(=O)Cc2cccs2)SC1. The molecule has 26 heavy (non-hydrogen) atoms. The van der Waals surface area contributed by atoms with Crippen molar-refractivity contribution in [3.8, 4) is 0 Å². The Kier molecular flexibility index (Phi) is 7.22. The summed E-state index contributed by atoms with van der Waals surface area (Å²) >= 11 is 2.68. The number of hydrogen-bond acceptors (Lipinski definition) is 8. The first-order chi connectivity index (χ1) is 12.4. The number of thiophene rings is 1. The van der Waals surface area contributed by atoms with Crippen LogP contribution in [0, 0.1) is 0 Å². The van der Waals surface area contributed by atoms with E-state index in [-0.39, 0.29) is 30.2 Å². The maximum Gasteiger partial charge on any atom is 0.351 e. The molecule has 1 aromatic heterocycles. The monoisotopic (exact) mass is 398 g/mol. The third-order valence-electron chi connectivity index (χ3n) is 3.59. The lowest BCUT2D eigenvalue weighted by atomic mass is 10.1. The molecule has 2 atom stereocenters. The van der Waals surface area contributed by atoms with Gasteiger partial charge in [0.1, 0.15) is 23.4 Å². The molecule has 0 radical (unpaired) electrons. The van der Waals surface area contributed by atoms with E-state index in [0.717, 1.165) is 4.88 Å². The molecule has 3 N–H and O–H groups in total. The van der Waals surface area contributed by atoms with Crippen molar-refractivity contribution >= 4 is 47.2 Å². The Morgan fingerprint density at radius 1 is 1.46 bits per heavy atom. The third kappa shape index (κ3) is 5.33. The van der Waals surface area contributed by atoms with Gasteiger partial charge in [0, 0.05) is 10.6 Å². The topological polar surface area (TPSA) is 122 Å². The number of carbonyl (C=O) groups excluding carboxylic acids is 3. The van der Waals surface area contributed by atoms with Gasteiger partial charge in [-0.05, 0) is 17.0 Å². The first-order valence-electron chi connectivity index (χ1n) is 7.62. The van der Waals surface area contributed by atoms with Crippen molar-refractivity contribution < 1.29 is 29.0 Å². The number of rotatable bonds is 8. The highest BCUT2D eigenvalue weighted by molar-refractivity contribution is 8.00. The summed E-state index contributed by atoms with van der Waals surface area (Å²) in [5.41, 5.74) is 0.235. The molecule has 1 amide bonds. The lowest BCUT2D eigenvalue weighted by Crippen LogP contribution is -2.52. The number of carboxylic acid groups (broad SMARTS) is 1.